The van der Waals surface area contributed by atoms with Gasteiger partial charge in [0.25, 0.3) is 5.56 Å². The maximum absolute atomic E-state index is 12.4. The van der Waals surface area contributed by atoms with Gasteiger partial charge in [-0.1, -0.05) is 23.4 Å². The summed E-state index contributed by atoms with van der Waals surface area (Å²) < 4.78 is 3.20. The normalized spacial score (nSPS) is 11.1. The molecule has 1 N–H and O–H groups in total. The van der Waals surface area contributed by atoms with Crippen molar-refractivity contribution >= 4 is 22.5 Å². The largest absolute Gasteiger partial charge is 0.356 e. The lowest BCUT2D eigenvalue weighted by molar-refractivity contribution is -0.121. The first-order valence-corrected chi connectivity index (χ1v) is 9.10. The molecule has 9 nitrogen and oxygen atoms in total. The van der Waals surface area contributed by atoms with Crippen LogP contribution in [0, 0.1) is 0 Å². The standard InChI is InChI=1S/C19H19N7O2/c27-18(20-11-10-17-23-22-16-8-3-4-12-25(16)17)9-5-13-26-19(28)14-6-1-2-7-15(14)21-24-26/h1-4,6-8,12H,5,9-11,13H2,(H,20,27). The molecular formula is C19H19N7O2. The van der Waals surface area contributed by atoms with Gasteiger partial charge in [-0.05, 0) is 30.7 Å². The van der Waals surface area contributed by atoms with Crippen LogP contribution in [-0.4, -0.2) is 42.0 Å². The summed E-state index contributed by atoms with van der Waals surface area (Å²) in [5, 5.41) is 19.6. The summed E-state index contributed by atoms with van der Waals surface area (Å²) >= 11 is 0. The van der Waals surface area contributed by atoms with Crippen molar-refractivity contribution in [3.05, 3.63) is 64.8 Å². The van der Waals surface area contributed by atoms with E-state index in [1.807, 2.05) is 34.9 Å². The summed E-state index contributed by atoms with van der Waals surface area (Å²) in [6.45, 7) is 0.823. The number of aromatic nitrogens is 6. The zero-order chi connectivity index (χ0) is 19.3. The lowest BCUT2D eigenvalue weighted by Crippen LogP contribution is -2.28. The van der Waals surface area contributed by atoms with Crippen LogP contribution in [0.25, 0.3) is 16.6 Å². The van der Waals surface area contributed by atoms with Crippen LogP contribution in [0.4, 0.5) is 0 Å². The van der Waals surface area contributed by atoms with Crippen LogP contribution in [0.3, 0.4) is 0 Å². The highest BCUT2D eigenvalue weighted by Crippen LogP contribution is 2.04. The van der Waals surface area contributed by atoms with Gasteiger partial charge in [-0.2, -0.15) is 0 Å². The quantitative estimate of drug-likeness (QED) is 0.514. The monoisotopic (exact) mass is 377 g/mol. The van der Waals surface area contributed by atoms with Gasteiger partial charge < -0.3 is 5.32 Å². The Morgan fingerprint density at radius 3 is 2.82 bits per heavy atom. The van der Waals surface area contributed by atoms with Gasteiger partial charge in [0.1, 0.15) is 11.3 Å². The predicted molar refractivity (Wildman–Crippen MR) is 103 cm³/mol. The molecule has 1 amide bonds. The van der Waals surface area contributed by atoms with Gasteiger partial charge >= 0.3 is 0 Å². The number of aryl methyl sites for hydroxylation is 1. The number of pyridine rings is 1. The number of fused-ring (bicyclic) bond motifs is 2. The fourth-order valence-corrected chi connectivity index (χ4v) is 3.02. The van der Waals surface area contributed by atoms with E-state index in [2.05, 4.69) is 25.8 Å². The molecule has 0 aliphatic carbocycles. The molecule has 142 valence electrons. The first-order valence-electron chi connectivity index (χ1n) is 9.10. The van der Waals surface area contributed by atoms with E-state index in [1.54, 1.807) is 18.2 Å². The second kappa shape index (κ2) is 7.95. The van der Waals surface area contributed by atoms with Crippen molar-refractivity contribution in [2.45, 2.75) is 25.8 Å². The zero-order valence-corrected chi connectivity index (χ0v) is 15.2. The van der Waals surface area contributed by atoms with Crippen molar-refractivity contribution in [2.75, 3.05) is 6.54 Å². The third kappa shape index (κ3) is 3.73. The molecule has 4 aromatic rings. The van der Waals surface area contributed by atoms with Crippen LogP contribution in [0.1, 0.15) is 18.7 Å². The van der Waals surface area contributed by atoms with Crippen molar-refractivity contribution in [2.24, 2.45) is 0 Å². The highest BCUT2D eigenvalue weighted by Gasteiger charge is 2.08. The molecule has 4 rings (SSSR count). The molecule has 0 saturated carbocycles. The molecule has 0 aliphatic heterocycles. The number of benzene rings is 1. The van der Waals surface area contributed by atoms with E-state index >= 15 is 0 Å². The first-order chi connectivity index (χ1) is 13.7. The maximum Gasteiger partial charge on any atom is 0.277 e. The fourth-order valence-electron chi connectivity index (χ4n) is 3.02. The van der Waals surface area contributed by atoms with E-state index in [0.717, 1.165) is 11.5 Å². The summed E-state index contributed by atoms with van der Waals surface area (Å²) in [4.78, 5) is 24.4. The topological polar surface area (TPSA) is 107 Å². The molecular weight excluding hydrogens is 358 g/mol. The summed E-state index contributed by atoms with van der Waals surface area (Å²) in [7, 11) is 0. The Hall–Kier alpha value is -3.62. The second-order valence-corrected chi connectivity index (χ2v) is 6.38. The van der Waals surface area contributed by atoms with Crippen molar-refractivity contribution in [1.82, 2.24) is 34.9 Å². The van der Waals surface area contributed by atoms with Crippen LogP contribution in [0.2, 0.25) is 0 Å². The predicted octanol–water partition coefficient (Wildman–Crippen LogP) is 0.973. The minimum absolute atomic E-state index is 0.0735. The van der Waals surface area contributed by atoms with Crippen LogP contribution in [-0.2, 0) is 17.8 Å². The van der Waals surface area contributed by atoms with Crippen molar-refractivity contribution < 1.29 is 4.79 Å². The van der Waals surface area contributed by atoms with E-state index in [4.69, 9.17) is 0 Å². The summed E-state index contributed by atoms with van der Waals surface area (Å²) in [6, 6.07) is 12.8. The van der Waals surface area contributed by atoms with Gasteiger partial charge in [-0.25, -0.2) is 4.68 Å². The average molecular weight is 377 g/mol. The molecule has 3 heterocycles. The highest BCUT2D eigenvalue weighted by molar-refractivity contribution is 5.76. The van der Waals surface area contributed by atoms with Gasteiger partial charge in [-0.15, -0.1) is 15.3 Å². The van der Waals surface area contributed by atoms with Gasteiger partial charge in [0.05, 0.1) is 5.39 Å². The molecule has 0 atom stereocenters. The summed E-state index contributed by atoms with van der Waals surface area (Å²) in [6.07, 6.45) is 3.30. The van der Waals surface area contributed by atoms with Crippen molar-refractivity contribution in [3.63, 3.8) is 0 Å². The van der Waals surface area contributed by atoms with Crippen LogP contribution in [0.5, 0.6) is 0 Å². The van der Waals surface area contributed by atoms with E-state index < -0.39 is 0 Å². The number of nitrogens with zero attached hydrogens (tertiary/aromatic N) is 6. The lowest BCUT2D eigenvalue weighted by atomic mass is 10.2. The summed E-state index contributed by atoms with van der Waals surface area (Å²) in [5.41, 5.74) is 1.16. The number of nitrogens with one attached hydrogen (secondary N) is 1. The Balaban J connectivity index is 1.26. The third-order valence-electron chi connectivity index (χ3n) is 4.46. The van der Waals surface area contributed by atoms with E-state index in [-0.39, 0.29) is 11.5 Å². The van der Waals surface area contributed by atoms with Crippen LogP contribution in [0.15, 0.2) is 53.5 Å². The van der Waals surface area contributed by atoms with Crippen molar-refractivity contribution in [3.8, 4) is 0 Å². The molecule has 0 saturated heterocycles. The van der Waals surface area contributed by atoms with Gasteiger partial charge in [0, 0.05) is 32.1 Å². The van der Waals surface area contributed by atoms with E-state index in [0.29, 0.717) is 43.3 Å². The molecule has 0 unspecified atom stereocenters. The Labute approximate surface area is 160 Å². The van der Waals surface area contributed by atoms with Crippen LogP contribution < -0.4 is 10.9 Å². The Morgan fingerprint density at radius 1 is 1.04 bits per heavy atom. The van der Waals surface area contributed by atoms with E-state index in [9.17, 15) is 9.59 Å². The van der Waals surface area contributed by atoms with Gasteiger partial charge in [-0.3, -0.25) is 14.0 Å². The lowest BCUT2D eigenvalue weighted by Gasteiger charge is -2.06. The Kier molecular flexibility index (Phi) is 5.05. The van der Waals surface area contributed by atoms with E-state index in [1.165, 1.54) is 4.68 Å². The van der Waals surface area contributed by atoms with Crippen LogP contribution >= 0.6 is 0 Å². The van der Waals surface area contributed by atoms with Gasteiger partial charge in [0.2, 0.25) is 5.91 Å². The highest BCUT2D eigenvalue weighted by atomic mass is 16.1. The Morgan fingerprint density at radius 2 is 1.89 bits per heavy atom. The van der Waals surface area contributed by atoms with Crippen molar-refractivity contribution in [1.29, 1.82) is 0 Å². The number of hydrogen-bond donors (Lipinski definition) is 1. The molecule has 0 radical (unpaired) electrons. The second-order valence-electron chi connectivity index (χ2n) is 6.38. The number of carbonyl (C=O) groups is 1. The minimum atomic E-state index is -0.190. The molecule has 3 aromatic heterocycles. The summed E-state index contributed by atoms with van der Waals surface area (Å²) in [5.74, 6) is 0.726. The smallest absolute Gasteiger partial charge is 0.277 e. The number of rotatable bonds is 7. The van der Waals surface area contributed by atoms with Gasteiger partial charge in [0.15, 0.2) is 5.65 Å². The molecule has 1 aromatic carbocycles. The number of amides is 1. The molecule has 0 bridgehead atoms. The zero-order valence-electron chi connectivity index (χ0n) is 15.2. The average Bonchev–Trinajstić information content (AvgIpc) is 3.13. The number of hydrogen-bond acceptors (Lipinski definition) is 6. The molecule has 0 fully saturated rings. The molecule has 0 aliphatic rings. The molecule has 28 heavy (non-hydrogen) atoms. The molecule has 0 spiro atoms. The number of carbonyl (C=O) groups excluding carboxylic acids is 1. The fraction of sp³-hybridized carbons (Fsp3) is 0.263. The maximum atomic E-state index is 12.4. The first kappa shape index (κ1) is 17.8. The minimum Gasteiger partial charge on any atom is -0.356 e. The third-order valence-corrected chi connectivity index (χ3v) is 4.46. The molecule has 9 heteroatoms. The Bertz CT molecular complexity index is 1180. The SMILES string of the molecule is O=C(CCCn1nnc2ccccc2c1=O)NCCc1nnc2ccccn12.